The number of amides is 1. The molecule has 156 valence electrons. The molecule has 2 N–H and O–H groups in total. The Bertz CT molecular complexity index is 1200. The van der Waals surface area contributed by atoms with E-state index in [1.54, 1.807) is 12.4 Å². The molecule has 2 aromatic carbocycles. The highest BCUT2D eigenvalue weighted by molar-refractivity contribution is 6.06. The number of fused-ring (bicyclic) bond motifs is 1. The van der Waals surface area contributed by atoms with Gasteiger partial charge in [-0.1, -0.05) is 18.2 Å². The van der Waals surface area contributed by atoms with E-state index in [1.165, 1.54) is 0 Å². The molecule has 2 heterocycles. The Morgan fingerprint density at radius 2 is 1.94 bits per heavy atom. The molecule has 0 radical (unpaired) electrons. The highest BCUT2D eigenvalue weighted by Crippen LogP contribution is 2.24. The summed E-state index contributed by atoms with van der Waals surface area (Å²) in [6.07, 6.45) is 8.08. The zero-order valence-corrected chi connectivity index (χ0v) is 17.1. The van der Waals surface area contributed by atoms with Gasteiger partial charge in [0, 0.05) is 24.0 Å². The number of hydrogen-bond acceptors (Lipinski definition) is 4. The average Bonchev–Trinajstić information content (AvgIpc) is 3.46. The van der Waals surface area contributed by atoms with Crippen molar-refractivity contribution in [3.8, 4) is 5.69 Å². The van der Waals surface area contributed by atoms with E-state index in [0.717, 1.165) is 41.5 Å². The number of carbonyl (C=O) groups is 1. The molecule has 0 unspecified atom stereocenters. The first-order valence-corrected chi connectivity index (χ1v) is 10.6. The third-order valence-electron chi connectivity index (χ3n) is 5.92. The lowest BCUT2D eigenvalue weighted by Crippen LogP contribution is -2.40. The van der Waals surface area contributed by atoms with Crippen LogP contribution >= 0.6 is 0 Å². The van der Waals surface area contributed by atoms with Crippen molar-refractivity contribution in [1.82, 2.24) is 20.1 Å². The quantitative estimate of drug-likeness (QED) is 0.524. The first-order chi connectivity index (χ1) is 15.2. The van der Waals surface area contributed by atoms with Crippen LogP contribution in [0.2, 0.25) is 0 Å². The first kappa shape index (κ1) is 19.5. The summed E-state index contributed by atoms with van der Waals surface area (Å²) < 4.78 is 1.82. The molecule has 1 aliphatic carbocycles. The molecule has 5 rings (SSSR count). The molecule has 0 aliphatic heterocycles. The van der Waals surface area contributed by atoms with Gasteiger partial charge in [0.05, 0.1) is 28.9 Å². The third kappa shape index (κ3) is 4.07. The SMILES string of the molecule is O=C(N[C@H]1CCC[C@@H]1O)c1cc(Cc2ccc(-n3cccn3)cc2)cc2cccnc12. The van der Waals surface area contributed by atoms with Gasteiger partial charge in [-0.3, -0.25) is 9.78 Å². The van der Waals surface area contributed by atoms with Crippen LogP contribution in [0.15, 0.2) is 73.2 Å². The average molecular weight is 412 g/mol. The zero-order chi connectivity index (χ0) is 21.2. The highest BCUT2D eigenvalue weighted by atomic mass is 16.3. The smallest absolute Gasteiger partial charge is 0.253 e. The number of rotatable bonds is 5. The minimum atomic E-state index is -0.473. The lowest BCUT2D eigenvalue weighted by molar-refractivity contribution is 0.0874. The maximum absolute atomic E-state index is 13.1. The van der Waals surface area contributed by atoms with Crippen LogP contribution < -0.4 is 5.32 Å². The van der Waals surface area contributed by atoms with Crippen LogP contribution in [-0.4, -0.2) is 37.9 Å². The zero-order valence-electron chi connectivity index (χ0n) is 17.1. The maximum atomic E-state index is 13.1. The first-order valence-electron chi connectivity index (χ1n) is 10.6. The molecule has 6 nitrogen and oxygen atoms in total. The minimum absolute atomic E-state index is 0.175. The molecule has 1 fully saturated rings. The number of benzene rings is 2. The predicted octanol–water partition coefficient (Wildman–Crippen LogP) is 3.65. The minimum Gasteiger partial charge on any atom is -0.391 e. The van der Waals surface area contributed by atoms with Gasteiger partial charge in [-0.25, -0.2) is 4.68 Å². The second-order valence-electron chi connectivity index (χ2n) is 8.09. The predicted molar refractivity (Wildman–Crippen MR) is 119 cm³/mol. The molecule has 2 aromatic heterocycles. The van der Waals surface area contributed by atoms with Gasteiger partial charge in [0.2, 0.25) is 0 Å². The molecule has 4 aromatic rings. The molecular formula is C25H24N4O2. The summed E-state index contributed by atoms with van der Waals surface area (Å²) in [5, 5.41) is 18.3. The van der Waals surface area contributed by atoms with Crippen LogP contribution in [0.5, 0.6) is 0 Å². The van der Waals surface area contributed by atoms with Gasteiger partial charge in [-0.05, 0) is 73.2 Å². The van der Waals surface area contributed by atoms with E-state index in [2.05, 4.69) is 33.6 Å². The Morgan fingerprint density at radius 3 is 2.68 bits per heavy atom. The Kier molecular flexibility index (Phi) is 5.22. The lowest BCUT2D eigenvalue weighted by atomic mass is 9.98. The Balaban J connectivity index is 1.43. The third-order valence-corrected chi connectivity index (χ3v) is 5.92. The van der Waals surface area contributed by atoms with Crippen molar-refractivity contribution in [2.24, 2.45) is 0 Å². The molecule has 0 spiro atoms. The number of aromatic nitrogens is 3. The fourth-order valence-corrected chi connectivity index (χ4v) is 4.31. The topological polar surface area (TPSA) is 80.0 Å². The van der Waals surface area contributed by atoms with Crippen LogP contribution in [0.4, 0.5) is 0 Å². The van der Waals surface area contributed by atoms with Gasteiger partial charge < -0.3 is 10.4 Å². The van der Waals surface area contributed by atoms with Crippen LogP contribution in [0, 0.1) is 0 Å². The van der Waals surface area contributed by atoms with Gasteiger partial charge in [-0.15, -0.1) is 0 Å². The number of carbonyl (C=O) groups excluding carboxylic acids is 1. The summed E-state index contributed by atoms with van der Waals surface area (Å²) >= 11 is 0. The normalized spacial score (nSPS) is 18.4. The van der Waals surface area contributed by atoms with Crippen molar-refractivity contribution in [1.29, 1.82) is 0 Å². The van der Waals surface area contributed by atoms with E-state index in [-0.39, 0.29) is 11.9 Å². The molecule has 6 heteroatoms. The van der Waals surface area contributed by atoms with Gasteiger partial charge in [0.1, 0.15) is 0 Å². The van der Waals surface area contributed by atoms with Crippen molar-refractivity contribution < 1.29 is 9.90 Å². The van der Waals surface area contributed by atoms with E-state index in [4.69, 9.17) is 0 Å². The standard InChI is InChI=1S/C25H24N4O2/c30-23-6-1-5-22(23)28-25(31)21-16-18(15-19-4-2-11-26-24(19)21)14-17-7-9-20(10-8-17)29-13-3-12-27-29/h2-4,7-13,15-16,22-23,30H,1,5-6,14H2,(H,28,31)/t22-,23-/m0/s1. The number of hydrogen-bond donors (Lipinski definition) is 2. The van der Waals surface area contributed by atoms with Crippen LogP contribution in [0.1, 0.15) is 40.7 Å². The van der Waals surface area contributed by atoms with Crippen LogP contribution in [0.3, 0.4) is 0 Å². The second kappa shape index (κ2) is 8.32. The Morgan fingerprint density at radius 1 is 1.06 bits per heavy atom. The second-order valence-corrected chi connectivity index (χ2v) is 8.09. The van der Waals surface area contributed by atoms with Gasteiger partial charge in [-0.2, -0.15) is 5.10 Å². The van der Waals surface area contributed by atoms with Gasteiger partial charge in [0.15, 0.2) is 0 Å². The molecule has 2 atom stereocenters. The summed E-state index contributed by atoms with van der Waals surface area (Å²) in [5.74, 6) is -0.175. The van der Waals surface area contributed by atoms with E-state index >= 15 is 0 Å². The molecule has 1 aliphatic rings. The van der Waals surface area contributed by atoms with Crippen LogP contribution in [0.25, 0.3) is 16.6 Å². The molecule has 1 amide bonds. The van der Waals surface area contributed by atoms with E-state index in [0.29, 0.717) is 17.5 Å². The lowest BCUT2D eigenvalue weighted by Gasteiger charge is -2.17. The maximum Gasteiger partial charge on any atom is 0.253 e. The van der Waals surface area contributed by atoms with Crippen molar-refractivity contribution in [2.45, 2.75) is 37.8 Å². The molecule has 1 saturated carbocycles. The van der Waals surface area contributed by atoms with E-state index in [1.807, 2.05) is 47.3 Å². The molecule has 31 heavy (non-hydrogen) atoms. The number of nitrogens with one attached hydrogen (secondary N) is 1. The van der Waals surface area contributed by atoms with Crippen LogP contribution in [-0.2, 0) is 6.42 Å². The fraction of sp³-hybridized carbons (Fsp3) is 0.240. The van der Waals surface area contributed by atoms with Crippen molar-refractivity contribution in [3.05, 3.63) is 89.9 Å². The summed E-state index contributed by atoms with van der Waals surface area (Å²) in [7, 11) is 0. The van der Waals surface area contributed by atoms with Gasteiger partial charge >= 0.3 is 0 Å². The van der Waals surface area contributed by atoms with Crippen molar-refractivity contribution in [2.75, 3.05) is 0 Å². The molecular weight excluding hydrogens is 388 g/mol. The van der Waals surface area contributed by atoms with Gasteiger partial charge in [0.25, 0.3) is 5.91 Å². The Hall–Kier alpha value is -3.51. The molecule has 0 bridgehead atoms. The highest BCUT2D eigenvalue weighted by Gasteiger charge is 2.27. The van der Waals surface area contributed by atoms with E-state index < -0.39 is 6.10 Å². The number of nitrogens with zero attached hydrogens (tertiary/aromatic N) is 3. The number of aliphatic hydroxyl groups is 1. The summed E-state index contributed by atoms with van der Waals surface area (Å²) in [4.78, 5) is 17.5. The number of pyridine rings is 1. The summed E-state index contributed by atoms with van der Waals surface area (Å²) in [6.45, 7) is 0. The van der Waals surface area contributed by atoms with E-state index in [9.17, 15) is 9.90 Å². The number of aliphatic hydroxyl groups excluding tert-OH is 1. The Labute approximate surface area is 180 Å². The van der Waals surface area contributed by atoms with Crippen molar-refractivity contribution in [3.63, 3.8) is 0 Å². The fourth-order valence-electron chi connectivity index (χ4n) is 4.31. The largest absolute Gasteiger partial charge is 0.391 e. The molecule has 0 saturated heterocycles. The monoisotopic (exact) mass is 412 g/mol. The van der Waals surface area contributed by atoms with Crippen molar-refractivity contribution >= 4 is 16.8 Å². The summed E-state index contributed by atoms with van der Waals surface area (Å²) in [6, 6.07) is 17.8. The summed E-state index contributed by atoms with van der Waals surface area (Å²) in [5.41, 5.74) is 4.44.